The van der Waals surface area contributed by atoms with E-state index in [0.29, 0.717) is 0 Å². The van der Waals surface area contributed by atoms with Gasteiger partial charge in [-0.05, 0) is 12.5 Å². The van der Waals surface area contributed by atoms with Crippen LogP contribution in [0.2, 0.25) is 0 Å². The lowest BCUT2D eigenvalue weighted by Crippen LogP contribution is -2.24. The van der Waals surface area contributed by atoms with E-state index in [1.165, 1.54) is 5.56 Å². The first-order chi connectivity index (χ1) is 8.40. The highest BCUT2D eigenvalue weighted by Gasteiger charge is 2.23. The highest BCUT2D eigenvalue weighted by Crippen LogP contribution is 2.33. The van der Waals surface area contributed by atoms with E-state index in [-0.39, 0.29) is 6.04 Å². The van der Waals surface area contributed by atoms with Gasteiger partial charge in [0.05, 0.1) is 19.3 Å². The zero-order valence-electron chi connectivity index (χ0n) is 9.76. The van der Waals surface area contributed by atoms with Crippen LogP contribution in [0.1, 0.15) is 18.0 Å². The van der Waals surface area contributed by atoms with Crippen LogP contribution in [0.15, 0.2) is 36.5 Å². The molecule has 1 atom stereocenters. The summed E-state index contributed by atoms with van der Waals surface area (Å²) in [5, 5.41) is 7.73. The van der Waals surface area contributed by atoms with E-state index in [4.69, 9.17) is 4.74 Å². The molecule has 1 N–H and O–H groups in total. The molecule has 0 aliphatic carbocycles. The van der Waals surface area contributed by atoms with Crippen LogP contribution in [0.25, 0.3) is 0 Å². The number of rotatable bonds is 2. The van der Waals surface area contributed by atoms with E-state index in [9.17, 15) is 0 Å². The van der Waals surface area contributed by atoms with Crippen LogP contribution in [-0.4, -0.2) is 23.4 Å². The molecule has 0 saturated heterocycles. The highest BCUT2D eigenvalue weighted by molar-refractivity contribution is 5.42. The third-order valence-corrected chi connectivity index (χ3v) is 3.19. The smallest absolute Gasteiger partial charge is 0.124 e. The summed E-state index contributed by atoms with van der Waals surface area (Å²) in [6, 6.07) is 10.4. The number of aromatic nitrogens is 2. The predicted molar refractivity (Wildman–Crippen MR) is 66.5 cm³/mol. The van der Waals surface area contributed by atoms with Gasteiger partial charge in [0.1, 0.15) is 11.6 Å². The minimum atomic E-state index is 0.261. The van der Waals surface area contributed by atoms with Crippen LogP contribution in [-0.2, 0) is 0 Å². The number of fused-ring (bicyclic) bond motifs is 1. The minimum absolute atomic E-state index is 0.261. The van der Waals surface area contributed by atoms with E-state index < -0.39 is 0 Å². The zero-order chi connectivity index (χ0) is 11.7. The van der Waals surface area contributed by atoms with Crippen molar-refractivity contribution in [3.8, 4) is 5.75 Å². The largest absolute Gasteiger partial charge is 0.496 e. The summed E-state index contributed by atoms with van der Waals surface area (Å²) in [4.78, 5) is 0. The monoisotopic (exact) mass is 229 g/mol. The lowest BCUT2D eigenvalue weighted by Gasteiger charge is -2.27. The summed E-state index contributed by atoms with van der Waals surface area (Å²) < 4.78 is 7.46. The molecule has 1 aliphatic rings. The number of methoxy groups -OCH3 is 1. The van der Waals surface area contributed by atoms with Gasteiger partial charge in [-0.2, -0.15) is 5.10 Å². The summed E-state index contributed by atoms with van der Waals surface area (Å²) in [6.07, 6.45) is 2.85. The summed E-state index contributed by atoms with van der Waals surface area (Å²) in [5.74, 6) is 2.01. The van der Waals surface area contributed by atoms with Gasteiger partial charge in [0.2, 0.25) is 0 Å². The fourth-order valence-electron chi connectivity index (χ4n) is 2.39. The van der Waals surface area contributed by atoms with E-state index in [1.807, 2.05) is 35.1 Å². The Balaban J connectivity index is 2.06. The molecule has 0 radical (unpaired) electrons. The second-order valence-electron chi connectivity index (χ2n) is 4.13. The third-order valence-electron chi connectivity index (χ3n) is 3.19. The quantitative estimate of drug-likeness (QED) is 0.858. The average Bonchev–Trinajstić information content (AvgIpc) is 2.86. The topological polar surface area (TPSA) is 39.1 Å². The summed E-state index contributed by atoms with van der Waals surface area (Å²) in [5.41, 5.74) is 1.20. The first-order valence-electron chi connectivity index (χ1n) is 5.80. The first kappa shape index (κ1) is 10.2. The van der Waals surface area contributed by atoms with Gasteiger partial charge in [0.25, 0.3) is 0 Å². The molecule has 4 nitrogen and oxygen atoms in total. The maximum absolute atomic E-state index is 5.43. The Hall–Kier alpha value is -1.97. The van der Waals surface area contributed by atoms with Crippen LogP contribution in [0, 0.1) is 0 Å². The summed E-state index contributed by atoms with van der Waals surface area (Å²) >= 11 is 0. The fraction of sp³-hybridized carbons (Fsp3) is 0.308. The van der Waals surface area contributed by atoms with Gasteiger partial charge >= 0.3 is 0 Å². The van der Waals surface area contributed by atoms with Crippen molar-refractivity contribution in [3.63, 3.8) is 0 Å². The van der Waals surface area contributed by atoms with Gasteiger partial charge in [-0.3, -0.25) is 0 Å². The van der Waals surface area contributed by atoms with Gasteiger partial charge in [0, 0.05) is 18.2 Å². The first-order valence-corrected chi connectivity index (χ1v) is 5.80. The fourth-order valence-corrected chi connectivity index (χ4v) is 2.39. The molecule has 88 valence electrons. The number of anilines is 1. The normalized spacial score (nSPS) is 18.3. The Morgan fingerprint density at radius 1 is 1.35 bits per heavy atom. The van der Waals surface area contributed by atoms with Crippen molar-refractivity contribution in [1.29, 1.82) is 0 Å². The van der Waals surface area contributed by atoms with Crippen molar-refractivity contribution in [1.82, 2.24) is 9.78 Å². The molecule has 2 aromatic rings. The standard InChI is InChI=1S/C13H15N3O/c1-17-12-5-3-2-4-10(12)11-6-8-14-13-7-9-15-16(11)13/h2-5,7,9,11,14H,6,8H2,1H3. The maximum atomic E-state index is 5.43. The molecule has 0 amide bonds. The van der Waals surface area contributed by atoms with Gasteiger partial charge in [-0.1, -0.05) is 18.2 Å². The second-order valence-corrected chi connectivity index (χ2v) is 4.13. The SMILES string of the molecule is COc1ccccc1C1CCNc2ccnn21. The molecular weight excluding hydrogens is 214 g/mol. The second kappa shape index (κ2) is 4.13. The number of nitrogens with zero attached hydrogens (tertiary/aromatic N) is 2. The minimum Gasteiger partial charge on any atom is -0.496 e. The number of nitrogens with one attached hydrogen (secondary N) is 1. The molecule has 0 saturated carbocycles. The molecule has 0 bridgehead atoms. The summed E-state index contributed by atoms with van der Waals surface area (Å²) in [7, 11) is 1.71. The Bertz CT molecular complexity index is 521. The van der Waals surface area contributed by atoms with Crippen molar-refractivity contribution >= 4 is 5.82 Å². The Kier molecular flexibility index (Phi) is 2.48. The zero-order valence-corrected chi connectivity index (χ0v) is 9.76. The molecule has 1 aromatic carbocycles. The summed E-state index contributed by atoms with van der Waals surface area (Å²) in [6.45, 7) is 0.967. The maximum Gasteiger partial charge on any atom is 0.124 e. The number of para-hydroxylation sites is 1. The molecule has 2 heterocycles. The molecule has 1 aliphatic heterocycles. The number of hydrogen-bond acceptors (Lipinski definition) is 3. The van der Waals surface area contributed by atoms with Gasteiger partial charge in [-0.15, -0.1) is 0 Å². The molecule has 17 heavy (non-hydrogen) atoms. The van der Waals surface area contributed by atoms with E-state index in [2.05, 4.69) is 16.5 Å². The lowest BCUT2D eigenvalue weighted by atomic mass is 10.0. The Labute approximate surface area is 100 Å². The Morgan fingerprint density at radius 3 is 3.12 bits per heavy atom. The number of ether oxygens (including phenoxy) is 1. The van der Waals surface area contributed by atoms with Crippen molar-refractivity contribution < 1.29 is 4.74 Å². The molecule has 1 unspecified atom stereocenters. The highest BCUT2D eigenvalue weighted by atomic mass is 16.5. The lowest BCUT2D eigenvalue weighted by molar-refractivity contribution is 0.391. The molecule has 0 fully saturated rings. The van der Waals surface area contributed by atoms with E-state index >= 15 is 0 Å². The van der Waals surface area contributed by atoms with Gasteiger partial charge < -0.3 is 10.1 Å². The number of benzene rings is 1. The molecule has 3 rings (SSSR count). The van der Waals surface area contributed by atoms with Gasteiger partial charge in [-0.25, -0.2) is 4.68 Å². The molecular formula is C13H15N3O. The van der Waals surface area contributed by atoms with Crippen molar-refractivity contribution in [2.24, 2.45) is 0 Å². The molecule has 4 heteroatoms. The predicted octanol–water partition coefficient (Wildman–Crippen LogP) is 2.30. The van der Waals surface area contributed by atoms with Crippen LogP contribution in [0.5, 0.6) is 5.75 Å². The average molecular weight is 229 g/mol. The van der Waals surface area contributed by atoms with Crippen molar-refractivity contribution in [3.05, 3.63) is 42.1 Å². The third kappa shape index (κ3) is 1.65. The van der Waals surface area contributed by atoms with Crippen LogP contribution < -0.4 is 10.1 Å². The molecule has 1 aromatic heterocycles. The van der Waals surface area contributed by atoms with Crippen molar-refractivity contribution in [2.45, 2.75) is 12.5 Å². The van der Waals surface area contributed by atoms with Crippen LogP contribution in [0.3, 0.4) is 0 Å². The van der Waals surface area contributed by atoms with Crippen molar-refractivity contribution in [2.75, 3.05) is 19.0 Å². The Morgan fingerprint density at radius 2 is 2.24 bits per heavy atom. The van der Waals surface area contributed by atoms with E-state index in [1.54, 1.807) is 7.11 Å². The van der Waals surface area contributed by atoms with Gasteiger partial charge in [0.15, 0.2) is 0 Å². The number of hydrogen-bond donors (Lipinski definition) is 1. The van der Waals surface area contributed by atoms with E-state index in [0.717, 1.165) is 24.5 Å². The van der Waals surface area contributed by atoms with Crippen LogP contribution >= 0.6 is 0 Å². The molecule has 0 spiro atoms. The van der Waals surface area contributed by atoms with Crippen LogP contribution in [0.4, 0.5) is 5.82 Å².